The Bertz CT molecular complexity index is 350. The zero-order valence-electron chi connectivity index (χ0n) is 8.66. The molecule has 0 radical (unpaired) electrons. The van der Waals surface area contributed by atoms with E-state index >= 15 is 0 Å². The van der Waals surface area contributed by atoms with Crippen LogP contribution in [0, 0.1) is 0 Å². The first-order valence-corrected chi connectivity index (χ1v) is 5.81. The van der Waals surface area contributed by atoms with Gasteiger partial charge in [-0.05, 0) is 41.4 Å². The zero-order valence-corrected chi connectivity index (χ0v) is 11.1. The van der Waals surface area contributed by atoms with Crippen molar-refractivity contribution in [2.45, 2.75) is 18.9 Å². The van der Waals surface area contributed by atoms with Crippen LogP contribution in [0.3, 0.4) is 0 Å². The minimum absolute atomic E-state index is 0. The Balaban J connectivity index is 0.00000128. The van der Waals surface area contributed by atoms with Gasteiger partial charge in [-0.15, -0.1) is 12.4 Å². The molecule has 2 rings (SSSR count). The Morgan fingerprint density at radius 1 is 1.62 bits per heavy atom. The van der Waals surface area contributed by atoms with Crippen molar-refractivity contribution >= 4 is 34.2 Å². The molecule has 1 saturated heterocycles. The zero-order chi connectivity index (χ0) is 10.7. The number of hydrogen-bond donors (Lipinski definition) is 2. The maximum absolute atomic E-state index is 11.7. The highest BCUT2D eigenvalue weighted by Gasteiger charge is 2.19. The van der Waals surface area contributed by atoms with E-state index in [0.29, 0.717) is 10.2 Å². The Hall–Kier alpha value is -0.520. The standard InChI is InChI=1S/C10H13BrN2O2.ClH/c11-8-3-5-15-9(8)10(14)13-7-2-1-4-12-6-7;/h3,5,7,12H,1-2,4,6H2,(H,13,14);1H/t7-;/m1./s1. The van der Waals surface area contributed by atoms with Crippen molar-refractivity contribution in [1.82, 2.24) is 10.6 Å². The van der Waals surface area contributed by atoms with Crippen molar-refractivity contribution in [1.29, 1.82) is 0 Å². The fourth-order valence-corrected chi connectivity index (χ4v) is 2.06. The third-order valence-corrected chi connectivity index (χ3v) is 3.08. The average molecular weight is 310 g/mol. The second kappa shape index (κ2) is 6.27. The molecular weight excluding hydrogens is 295 g/mol. The summed E-state index contributed by atoms with van der Waals surface area (Å²) in [7, 11) is 0. The first-order valence-electron chi connectivity index (χ1n) is 5.02. The largest absolute Gasteiger partial charge is 0.458 e. The minimum atomic E-state index is -0.152. The number of halogens is 2. The van der Waals surface area contributed by atoms with Crippen LogP contribution < -0.4 is 10.6 Å². The smallest absolute Gasteiger partial charge is 0.288 e. The Morgan fingerprint density at radius 3 is 3.00 bits per heavy atom. The fourth-order valence-electron chi connectivity index (χ4n) is 1.68. The Labute approximate surface area is 109 Å². The molecule has 1 fully saturated rings. The molecule has 1 aromatic rings. The van der Waals surface area contributed by atoms with Crippen LogP contribution in [0.2, 0.25) is 0 Å². The molecule has 2 N–H and O–H groups in total. The molecule has 16 heavy (non-hydrogen) atoms. The van der Waals surface area contributed by atoms with Crippen molar-refractivity contribution in [3.05, 3.63) is 22.6 Å². The van der Waals surface area contributed by atoms with E-state index in [0.717, 1.165) is 25.9 Å². The van der Waals surface area contributed by atoms with Crippen LogP contribution in [-0.4, -0.2) is 25.0 Å². The molecule has 0 unspecified atom stereocenters. The molecule has 90 valence electrons. The SMILES string of the molecule is Cl.O=C(N[C@@H]1CCCNC1)c1occc1Br. The van der Waals surface area contributed by atoms with Crippen molar-refractivity contribution in [2.24, 2.45) is 0 Å². The summed E-state index contributed by atoms with van der Waals surface area (Å²) in [5.74, 6) is 0.196. The number of nitrogens with one attached hydrogen (secondary N) is 2. The quantitative estimate of drug-likeness (QED) is 0.878. The highest BCUT2D eigenvalue weighted by molar-refractivity contribution is 9.10. The number of rotatable bonds is 2. The number of piperidine rings is 1. The van der Waals surface area contributed by atoms with Crippen LogP contribution in [0.4, 0.5) is 0 Å². The predicted molar refractivity (Wildman–Crippen MR) is 67.0 cm³/mol. The highest BCUT2D eigenvalue weighted by atomic mass is 79.9. The molecule has 1 amide bonds. The van der Waals surface area contributed by atoms with Crippen molar-refractivity contribution < 1.29 is 9.21 Å². The average Bonchev–Trinajstić information content (AvgIpc) is 2.66. The number of carbonyl (C=O) groups is 1. The third kappa shape index (κ3) is 3.23. The molecule has 2 heterocycles. The van der Waals surface area contributed by atoms with Crippen molar-refractivity contribution in [3.8, 4) is 0 Å². The molecule has 0 aliphatic carbocycles. The molecule has 1 atom stereocenters. The van der Waals surface area contributed by atoms with Gasteiger partial charge in [-0.2, -0.15) is 0 Å². The lowest BCUT2D eigenvalue weighted by molar-refractivity contribution is 0.0901. The molecule has 4 nitrogen and oxygen atoms in total. The summed E-state index contributed by atoms with van der Waals surface area (Å²) in [6, 6.07) is 1.93. The van der Waals surface area contributed by atoms with Gasteiger partial charge in [0.15, 0.2) is 0 Å². The molecule has 0 saturated carbocycles. The maximum atomic E-state index is 11.7. The van der Waals surface area contributed by atoms with Gasteiger partial charge >= 0.3 is 0 Å². The summed E-state index contributed by atoms with van der Waals surface area (Å²) in [6.45, 7) is 1.88. The molecule has 1 aromatic heterocycles. The number of carbonyl (C=O) groups excluding carboxylic acids is 1. The predicted octanol–water partition coefficient (Wildman–Crippen LogP) is 1.95. The fraction of sp³-hybridized carbons (Fsp3) is 0.500. The van der Waals surface area contributed by atoms with Gasteiger partial charge in [-0.3, -0.25) is 4.79 Å². The summed E-state index contributed by atoms with van der Waals surface area (Å²) in [5.41, 5.74) is 0. The first kappa shape index (κ1) is 13.5. The van der Waals surface area contributed by atoms with Crippen LogP contribution in [0.15, 0.2) is 21.2 Å². The van der Waals surface area contributed by atoms with E-state index in [9.17, 15) is 4.79 Å². The van der Waals surface area contributed by atoms with Gasteiger partial charge in [0, 0.05) is 12.6 Å². The van der Waals surface area contributed by atoms with Gasteiger partial charge in [0.2, 0.25) is 5.76 Å². The van der Waals surface area contributed by atoms with Gasteiger partial charge in [-0.1, -0.05) is 0 Å². The number of amides is 1. The second-order valence-electron chi connectivity index (χ2n) is 3.61. The second-order valence-corrected chi connectivity index (χ2v) is 4.47. The van der Waals surface area contributed by atoms with Gasteiger partial charge < -0.3 is 15.1 Å². The molecule has 1 aliphatic heterocycles. The topological polar surface area (TPSA) is 54.3 Å². The van der Waals surface area contributed by atoms with Gasteiger partial charge in [0.1, 0.15) is 0 Å². The van der Waals surface area contributed by atoms with Gasteiger partial charge in [0.05, 0.1) is 10.7 Å². The van der Waals surface area contributed by atoms with E-state index in [2.05, 4.69) is 26.6 Å². The molecule has 0 bridgehead atoms. The van der Waals surface area contributed by atoms with Crippen LogP contribution in [0.25, 0.3) is 0 Å². The Kier molecular flexibility index (Phi) is 5.31. The van der Waals surface area contributed by atoms with Gasteiger partial charge in [0.25, 0.3) is 5.91 Å². The number of furan rings is 1. The van der Waals surface area contributed by atoms with Crippen LogP contribution in [-0.2, 0) is 0 Å². The molecule has 1 aliphatic rings. The van der Waals surface area contributed by atoms with E-state index in [-0.39, 0.29) is 24.4 Å². The van der Waals surface area contributed by atoms with E-state index in [4.69, 9.17) is 4.42 Å². The van der Waals surface area contributed by atoms with Gasteiger partial charge in [-0.25, -0.2) is 0 Å². The number of hydrogen-bond acceptors (Lipinski definition) is 3. The van der Waals surface area contributed by atoms with Crippen molar-refractivity contribution in [2.75, 3.05) is 13.1 Å². The minimum Gasteiger partial charge on any atom is -0.458 e. The molecule has 0 aromatic carbocycles. The summed E-state index contributed by atoms with van der Waals surface area (Å²) < 4.78 is 5.79. The summed E-state index contributed by atoms with van der Waals surface area (Å²) >= 11 is 3.26. The highest BCUT2D eigenvalue weighted by Crippen LogP contribution is 2.17. The van der Waals surface area contributed by atoms with E-state index in [1.165, 1.54) is 6.26 Å². The van der Waals surface area contributed by atoms with Crippen LogP contribution >= 0.6 is 28.3 Å². The van der Waals surface area contributed by atoms with Crippen LogP contribution in [0.5, 0.6) is 0 Å². The lowest BCUT2D eigenvalue weighted by atomic mass is 10.1. The summed E-state index contributed by atoms with van der Waals surface area (Å²) in [6.07, 6.45) is 3.62. The Morgan fingerprint density at radius 2 is 2.44 bits per heavy atom. The molecular formula is C10H14BrClN2O2. The summed E-state index contributed by atoms with van der Waals surface area (Å²) in [4.78, 5) is 11.7. The van der Waals surface area contributed by atoms with E-state index < -0.39 is 0 Å². The molecule has 0 spiro atoms. The maximum Gasteiger partial charge on any atom is 0.288 e. The normalized spacial score (nSPS) is 19.9. The molecule has 6 heteroatoms. The first-order chi connectivity index (χ1) is 7.27. The van der Waals surface area contributed by atoms with E-state index in [1.807, 2.05) is 0 Å². The summed E-state index contributed by atoms with van der Waals surface area (Å²) in [5, 5.41) is 6.18. The monoisotopic (exact) mass is 308 g/mol. The van der Waals surface area contributed by atoms with Crippen molar-refractivity contribution in [3.63, 3.8) is 0 Å². The van der Waals surface area contributed by atoms with E-state index in [1.54, 1.807) is 6.07 Å². The van der Waals surface area contributed by atoms with Crippen LogP contribution in [0.1, 0.15) is 23.4 Å². The lowest BCUT2D eigenvalue weighted by Gasteiger charge is -2.23. The third-order valence-electron chi connectivity index (χ3n) is 2.46. The lowest BCUT2D eigenvalue weighted by Crippen LogP contribution is -2.45.